The third kappa shape index (κ3) is 5.91. The summed E-state index contributed by atoms with van der Waals surface area (Å²) in [6, 6.07) is 13.4. The molecule has 5 heteroatoms. The van der Waals surface area contributed by atoms with Crippen LogP contribution in [-0.4, -0.2) is 28.8 Å². The number of benzene rings is 2. The number of hydrogen-bond donors (Lipinski definition) is 1. The maximum Gasteiger partial charge on any atom is 0.242 e. The Morgan fingerprint density at radius 1 is 1.07 bits per heavy atom. The van der Waals surface area contributed by atoms with Crippen LogP contribution in [0, 0.1) is 12.7 Å². The van der Waals surface area contributed by atoms with Crippen LogP contribution in [0.4, 0.5) is 4.39 Å². The zero-order chi connectivity index (χ0) is 21.5. The van der Waals surface area contributed by atoms with Crippen molar-refractivity contribution in [2.45, 2.75) is 71.0 Å². The Bertz CT molecular complexity index is 860. The first-order chi connectivity index (χ1) is 14.4. The number of nitrogens with one attached hydrogen (secondary N) is 1. The standard InChI is InChI=1S/C25H31FN2O2/c1-18-8-6-7-9-21(18)17-28(24(29)16-20-12-14-22(26)15-13-20)19(2)25(30)27-23-10-4-3-5-11-23/h6-9,12-15,19,23H,3-5,10-11,16-17H2,1-2H3,(H,27,30)/t19-/m1/s1. The molecule has 1 aliphatic rings. The maximum absolute atomic E-state index is 13.2. The molecule has 0 unspecified atom stereocenters. The second-order valence-corrected chi connectivity index (χ2v) is 8.27. The molecule has 1 saturated carbocycles. The lowest BCUT2D eigenvalue weighted by Gasteiger charge is -2.31. The minimum Gasteiger partial charge on any atom is -0.352 e. The SMILES string of the molecule is Cc1ccccc1CN(C(=O)Cc1ccc(F)cc1)[C@H](C)C(=O)NC1CCCCC1. The van der Waals surface area contributed by atoms with E-state index in [0.29, 0.717) is 6.54 Å². The van der Waals surface area contributed by atoms with Crippen molar-refractivity contribution in [3.8, 4) is 0 Å². The summed E-state index contributed by atoms with van der Waals surface area (Å²) >= 11 is 0. The van der Waals surface area contributed by atoms with Crippen molar-refractivity contribution in [3.05, 3.63) is 71.0 Å². The van der Waals surface area contributed by atoms with Crippen LogP contribution in [0.25, 0.3) is 0 Å². The first-order valence-electron chi connectivity index (χ1n) is 10.8. The summed E-state index contributed by atoms with van der Waals surface area (Å²) in [5, 5.41) is 3.14. The highest BCUT2D eigenvalue weighted by atomic mass is 19.1. The number of carbonyl (C=O) groups is 2. The summed E-state index contributed by atoms with van der Waals surface area (Å²) in [6.45, 7) is 4.16. The van der Waals surface area contributed by atoms with Gasteiger partial charge in [-0.15, -0.1) is 0 Å². The fourth-order valence-corrected chi connectivity index (χ4v) is 4.00. The third-order valence-corrected chi connectivity index (χ3v) is 5.99. The lowest BCUT2D eigenvalue weighted by atomic mass is 9.95. The van der Waals surface area contributed by atoms with E-state index < -0.39 is 6.04 Å². The molecule has 160 valence electrons. The van der Waals surface area contributed by atoms with Crippen LogP contribution in [0.3, 0.4) is 0 Å². The molecule has 0 saturated heterocycles. The highest BCUT2D eigenvalue weighted by Gasteiger charge is 2.28. The van der Waals surface area contributed by atoms with Gasteiger partial charge < -0.3 is 10.2 Å². The van der Waals surface area contributed by atoms with E-state index in [4.69, 9.17) is 0 Å². The van der Waals surface area contributed by atoms with Gasteiger partial charge in [0.25, 0.3) is 0 Å². The molecule has 1 N–H and O–H groups in total. The van der Waals surface area contributed by atoms with E-state index in [0.717, 1.165) is 42.4 Å². The molecule has 0 heterocycles. The predicted octanol–water partition coefficient (Wildman–Crippen LogP) is 4.54. The molecular formula is C25H31FN2O2. The normalized spacial score (nSPS) is 15.4. The van der Waals surface area contributed by atoms with Crippen molar-refractivity contribution < 1.29 is 14.0 Å². The molecule has 4 nitrogen and oxygen atoms in total. The Kier molecular flexibility index (Phi) is 7.61. The Labute approximate surface area is 178 Å². The van der Waals surface area contributed by atoms with Crippen molar-refractivity contribution in [3.63, 3.8) is 0 Å². The van der Waals surface area contributed by atoms with Crippen LogP contribution in [0.1, 0.15) is 55.7 Å². The summed E-state index contributed by atoms with van der Waals surface area (Å²) in [6.07, 6.45) is 5.62. The maximum atomic E-state index is 13.2. The van der Waals surface area contributed by atoms with Crippen LogP contribution in [0.5, 0.6) is 0 Å². The van der Waals surface area contributed by atoms with Gasteiger partial charge in [0.2, 0.25) is 11.8 Å². The van der Waals surface area contributed by atoms with Gasteiger partial charge in [0.05, 0.1) is 6.42 Å². The van der Waals surface area contributed by atoms with Crippen LogP contribution in [0.2, 0.25) is 0 Å². The van der Waals surface area contributed by atoms with Gasteiger partial charge in [-0.2, -0.15) is 0 Å². The van der Waals surface area contributed by atoms with Crippen molar-refractivity contribution in [1.82, 2.24) is 10.2 Å². The number of rotatable bonds is 7. The molecule has 3 rings (SSSR count). The fourth-order valence-electron chi connectivity index (χ4n) is 4.00. The van der Waals surface area contributed by atoms with Gasteiger partial charge in [-0.1, -0.05) is 55.7 Å². The largest absolute Gasteiger partial charge is 0.352 e. The van der Waals surface area contributed by atoms with E-state index in [9.17, 15) is 14.0 Å². The minimum atomic E-state index is -0.584. The first-order valence-corrected chi connectivity index (χ1v) is 10.8. The van der Waals surface area contributed by atoms with Crippen LogP contribution < -0.4 is 5.32 Å². The molecule has 2 aromatic rings. The molecule has 0 bridgehead atoms. The van der Waals surface area contributed by atoms with Crippen LogP contribution >= 0.6 is 0 Å². The molecule has 0 spiro atoms. The molecule has 30 heavy (non-hydrogen) atoms. The van der Waals surface area contributed by atoms with Crippen molar-refractivity contribution >= 4 is 11.8 Å². The zero-order valence-corrected chi connectivity index (χ0v) is 17.9. The second kappa shape index (κ2) is 10.4. The monoisotopic (exact) mass is 410 g/mol. The van der Waals surface area contributed by atoms with E-state index in [1.165, 1.54) is 18.6 Å². The van der Waals surface area contributed by atoms with E-state index in [1.54, 1.807) is 24.0 Å². The number of amides is 2. The van der Waals surface area contributed by atoms with E-state index in [2.05, 4.69) is 5.32 Å². The number of hydrogen-bond acceptors (Lipinski definition) is 2. The Morgan fingerprint density at radius 2 is 1.73 bits per heavy atom. The number of nitrogens with zero attached hydrogens (tertiary/aromatic N) is 1. The quantitative estimate of drug-likeness (QED) is 0.728. The highest BCUT2D eigenvalue weighted by molar-refractivity contribution is 5.88. The van der Waals surface area contributed by atoms with Gasteiger partial charge in [-0.3, -0.25) is 9.59 Å². The summed E-state index contributed by atoms with van der Waals surface area (Å²) in [5.74, 6) is -0.581. The third-order valence-electron chi connectivity index (χ3n) is 5.99. The van der Waals surface area contributed by atoms with Gasteiger partial charge in [0.15, 0.2) is 0 Å². The zero-order valence-electron chi connectivity index (χ0n) is 17.9. The molecule has 0 aromatic heterocycles. The molecular weight excluding hydrogens is 379 g/mol. The van der Waals surface area contributed by atoms with Crippen LogP contribution in [-0.2, 0) is 22.6 Å². The number of halogens is 1. The second-order valence-electron chi connectivity index (χ2n) is 8.27. The molecule has 1 fully saturated rings. The molecule has 0 aliphatic heterocycles. The lowest BCUT2D eigenvalue weighted by molar-refractivity contribution is -0.140. The fraction of sp³-hybridized carbons (Fsp3) is 0.440. The van der Waals surface area contributed by atoms with Crippen molar-refractivity contribution in [1.29, 1.82) is 0 Å². The lowest BCUT2D eigenvalue weighted by Crippen LogP contribution is -2.50. The number of aryl methyl sites for hydroxylation is 1. The van der Waals surface area contributed by atoms with Crippen molar-refractivity contribution in [2.75, 3.05) is 0 Å². The van der Waals surface area contributed by atoms with Gasteiger partial charge in [0, 0.05) is 12.6 Å². The van der Waals surface area contributed by atoms with Gasteiger partial charge in [-0.25, -0.2) is 4.39 Å². The Hall–Kier alpha value is -2.69. The Morgan fingerprint density at radius 3 is 2.40 bits per heavy atom. The summed E-state index contributed by atoms with van der Waals surface area (Å²) in [4.78, 5) is 27.8. The first kappa shape index (κ1) is 22.0. The summed E-state index contributed by atoms with van der Waals surface area (Å²) < 4.78 is 13.2. The van der Waals surface area contributed by atoms with Gasteiger partial charge in [-0.05, 0) is 55.5 Å². The molecule has 2 aromatic carbocycles. The van der Waals surface area contributed by atoms with Crippen LogP contribution in [0.15, 0.2) is 48.5 Å². The van der Waals surface area contributed by atoms with Gasteiger partial charge >= 0.3 is 0 Å². The summed E-state index contributed by atoms with van der Waals surface area (Å²) in [7, 11) is 0. The van der Waals surface area contributed by atoms with E-state index in [1.807, 2.05) is 31.2 Å². The Balaban J connectivity index is 1.76. The molecule has 2 amide bonds. The predicted molar refractivity (Wildman–Crippen MR) is 116 cm³/mol. The van der Waals surface area contributed by atoms with E-state index in [-0.39, 0.29) is 30.1 Å². The smallest absolute Gasteiger partial charge is 0.242 e. The van der Waals surface area contributed by atoms with E-state index >= 15 is 0 Å². The minimum absolute atomic E-state index is 0.108. The molecule has 0 radical (unpaired) electrons. The average Bonchev–Trinajstić information content (AvgIpc) is 2.75. The van der Waals surface area contributed by atoms with Gasteiger partial charge in [0.1, 0.15) is 11.9 Å². The highest BCUT2D eigenvalue weighted by Crippen LogP contribution is 2.19. The summed E-state index contributed by atoms with van der Waals surface area (Å²) in [5.41, 5.74) is 2.83. The molecule has 1 aliphatic carbocycles. The molecule has 1 atom stereocenters. The number of carbonyl (C=O) groups excluding carboxylic acids is 2. The average molecular weight is 411 g/mol. The van der Waals surface area contributed by atoms with Crippen molar-refractivity contribution in [2.24, 2.45) is 0 Å². The topological polar surface area (TPSA) is 49.4 Å².